The van der Waals surface area contributed by atoms with Gasteiger partial charge in [0.25, 0.3) is 0 Å². The zero-order valence-electron chi connectivity index (χ0n) is 15.6. The first kappa shape index (κ1) is 21.3. The van der Waals surface area contributed by atoms with Crippen molar-refractivity contribution >= 4 is 21.6 Å². The highest BCUT2D eigenvalue weighted by molar-refractivity contribution is 7.88. The van der Waals surface area contributed by atoms with Crippen molar-refractivity contribution in [3.8, 4) is 6.07 Å². The van der Waals surface area contributed by atoms with Gasteiger partial charge in [-0.3, -0.25) is 9.69 Å². The summed E-state index contributed by atoms with van der Waals surface area (Å²) in [7, 11) is -3.25. The number of nitrogens with one attached hydrogen (secondary N) is 1. The molecule has 1 fully saturated rings. The maximum atomic E-state index is 13.2. The molecule has 0 saturated carbocycles. The van der Waals surface area contributed by atoms with Crippen LogP contribution in [0.5, 0.6) is 0 Å². The number of sulfonamides is 1. The number of carbonyl (C=O) groups is 1. The normalized spacial score (nSPS) is 17.3. The van der Waals surface area contributed by atoms with Crippen LogP contribution >= 0.6 is 0 Å². The molecule has 9 heteroatoms. The van der Waals surface area contributed by atoms with Crippen molar-refractivity contribution in [2.75, 3.05) is 30.8 Å². The van der Waals surface area contributed by atoms with Gasteiger partial charge in [-0.1, -0.05) is 0 Å². The third-order valence-corrected chi connectivity index (χ3v) is 5.43. The minimum Gasteiger partial charge on any atom is -0.310 e. The lowest BCUT2D eigenvalue weighted by molar-refractivity contribution is -0.123. The van der Waals surface area contributed by atoms with Gasteiger partial charge in [-0.25, -0.2) is 17.5 Å². The van der Waals surface area contributed by atoms with E-state index in [1.807, 2.05) is 11.0 Å². The fraction of sp³-hybridized carbons (Fsp3) is 0.556. The van der Waals surface area contributed by atoms with Crippen LogP contribution in [0.4, 0.5) is 10.1 Å². The fourth-order valence-corrected chi connectivity index (χ4v) is 4.08. The Bertz CT molecular complexity index is 784. The van der Waals surface area contributed by atoms with Crippen LogP contribution in [0.15, 0.2) is 24.3 Å². The summed E-state index contributed by atoms with van der Waals surface area (Å²) in [5, 5.41) is 8.88. The highest BCUT2D eigenvalue weighted by Gasteiger charge is 2.30. The summed E-state index contributed by atoms with van der Waals surface area (Å²) in [4.78, 5) is 16.5. The van der Waals surface area contributed by atoms with E-state index in [1.54, 1.807) is 6.92 Å². The molecule has 1 unspecified atom stereocenters. The Morgan fingerprint density at radius 1 is 1.37 bits per heavy atom. The van der Waals surface area contributed by atoms with Gasteiger partial charge in [0.15, 0.2) is 0 Å². The van der Waals surface area contributed by atoms with Gasteiger partial charge in [-0.15, -0.1) is 0 Å². The minimum atomic E-state index is -3.25. The Morgan fingerprint density at radius 3 is 2.48 bits per heavy atom. The van der Waals surface area contributed by atoms with Crippen LogP contribution in [0.3, 0.4) is 0 Å². The first-order valence-electron chi connectivity index (χ1n) is 8.86. The van der Waals surface area contributed by atoms with Crippen LogP contribution in [0.1, 0.15) is 26.2 Å². The third kappa shape index (κ3) is 6.27. The molecule has 1 aromatic rings. The molecule has 1 N–H and O–H groups in total. The predicted molar refractivity (Wildman–Crippen MR) is 101 cm³/mol. The van der Waals surface area contributed by atoms with Gasteiger partial charge in [-0.05, 0) is 44.0 Å². The van der Waals surface area contributed by atoms with E-state index in [-0.39, 0.29) is 30.7 Å². The van der Waals surface area contributed by atoms with E-state index in [2.05, 4.69) is 4.72 Å². The van der Waals surface area contributed by atoms with E-state index in [4.69, 9.17) is 5.26 Å². The van der Waals surface area contributed by atoms with E-state index < -0.39 is 16.1 Å². The molecule has 1 atom stereocenters. The molecule has 7 nitrogen and oxygen atoms in total. The van der Waals surface area contributed by atoms with E-state index in [1.165, 1.54) is 29.2 Å². The summed E-state index contributed by atoms with van der Waals surface area (Å²) in [6, 6.07) is 7.12. The van der Waals surface area contributed by atoms with Gasteiger partial charge in [-0.2, -0.15) is 5.26 Å². The smallest absolute Gasteiger partial charge is 0.244 e. The van der Waals surface area contributed by atoms with E-state index in [0.29, 0.717) is 31.6 Å². The summed E-state index contributed by atoms with van der Waals surface area (Å²) < 4.78 is 38.5. The summed E-state index contributed by atoms with van der Waals surface area (Å²) in [6.07, 6.45) is 2.57. The minimum absolute atomic E-state index is 0.120. The molecule has 1 heterocycles. The van der Waals surface area contributed by atoms with Gasteiger partial charge >= 0.3 is 0 Å². The highest BCUT2D eigenvalue weighted by Crippen LogP contribution is 2.20. The second-order valence-corrected chi connectivity index (χ2v) is 8.53. The van der Waals surface area contributed by atoms with Gasteiger partial charge in [0.1, 0.15) is 5.82 Å². The molecule has 0 spiro atoms. The van der Waals surface area contributed by atoms with Gasteiger partial charge < -0.3 is 4.90 Å². The molecule has 1 amide bonds. The molecule has 148 valence electrons. The Balaban J connectivity index is 2.04. The monoisotopic (exact) mass is 396 g/mol. The molecule has 2 rings (SSSR count). The number of hydrogen-bond donors (Lipinski definition) is 1. The number of amides is 1. The van der Waals surface area contributed by atoms with Crippen molar-refractivity contribution in [3.63, 3.8) is 0 Å². The average Bonchev–Trinajstić information content (AvgIpc) is 2.62. The van der Waals surface area contributed by atoms with Crippen molar-refractivity contribution in [3.05, 3.63) is 30.1 Å². The molecule has 0 aromatic heterocycles. The van der Waals surface area contributed by atoms with E-state index in [0.717, 1.165) is 6.26 Å². The summed E-state index contributed by atoms with van der Waals surface area (Å²) in [6.45, 7) is 3.22. The van der Waals surface area contributed by atoms with E-state index >= 15 is 0 Å². The number of hydrogen-bond acceptors (Lipinski definition) is 5. The number of likely N-dealkylation sites (tertiary alicyclic amines) is 1. The number of anilines is 1. The van der Waals surface area contributed by atoms with Crippen molar-refractivity contribution in [2.24, 2.45) is 0 Å². The van der Waals surface area contributed by atoms with E-state index in [9.17, 15) is 17.6 Å². The molecular weight excluding hydrogens is 371 g/mol. The quantitative estimate of drug-likeness (QED) is 0.753. The van der Waals surface area contributed by atoms with Crippen LogP contribution in [0.2, 0.25) is 0 Å². The molecule has 1 aliphatic rings. The third-order valence-electron chi connectivity index (χ3n) is 4.67. The predicted octanol–water partition coefficient (Wildman–Crippen LogP) is 1.47. The average molecular weight is 396 g/mol. The number of halogens is 1. The number of piperidine rings is 1. The lowest BCUT2D eigenvalue weighted by atomic mass is 10.0. The first-order chi connectivity index (χ1) is 12.7. The van der Waals surface area contributed by atoms with Crippen molar-refractivity contribution in [2.45, 2.75) is 38.3 Å². The number of nitrogens with zero attached hydrogens (tertiary/aromatic N) is 3. The van der Waals surface area contributed by atoms with Crippen LogP contribution in [-0.2, 0) is 14.8 Å². The largest absolute Gasteiger partial charge is 0.310 e. The SMILES string of the molecule is CC(C(=O)N(CCC#N)c1ccc(F)cc1)N1CCC(NS(C)(=O)=O)CC1. The standard InChI is InChI=1S/C18H25FN4O3S/c1-14(22-12-8-16(9-13-22)21-27(2,25)26)18(24)23(11-3-10-20)17-6-4-15(19)5-7-17/h4-7,14,16,21H,3,8-9,11-13H2,1-2H3. The Labute approximate surface area is 159 Å². The second-order valence-electron chi connectivity index (χ2n) is 6.75. The molecule has 27 heavy (non-hydrogen) atoms. The van der Waals surface area contributed by atoms with Crippen molar-refractivity contribution < 1.29 is 17.6 Å². The maximum absolute atomic E-state index is 13.2. The van der Waals surface area contributed by atoms with Crippen molar-refractivity contribution in [1.82, 2.24) is 9.62 Å². The fourth-order valence-electron chi connectivity index (χ4n) is 3.24. The molecule has 1 saturated heterocycles. The second kappa shape index (κ2) is 9.26. The summed E-state index contributed by atoms with van der Waals surface area (Å²) >= 11 is 0. The van der Waals surface area contributed by atoms with Gasteiger partial charge in [0.05, 0.1) is 24.8 Å². The van der Waals surface area contributed by atoms with Crippen LogP contribution in [0, 0.1) is 17.1 Å². The summed E-state index contributed by atoms with van der Waals surface area (Å²) in [5.41, 5.74) is 0.553. The highest BCUT2D eigenvalue weighted by atomic mass is 32.2. The number of benzene rings is 1. The van der Waals surface area contributed by atoms with Crippen LogP contribution in [0.25, 0.3) is 0 Å². The van der Waals surface area contributed by atoms with Crippen LogP contribution < -0.4 is 9.62 Å². The molecule has 0 radical (unpaired) electrons. The zero-order valence-corrected chi connectivity index (χ0v) is 16.4. The molecule has 1 aromatic carbocycles. The van der Waals surface area contributed by atoms with Gasteiger partial charge in [0, 0.05) is 31.4 Å². The molecule has 0 aliphatic carbocycles. The Hall–Kier alpha value is -2.02. The summed E-state index contributed by atoms with van der Waals surface area (Å²) in [5.74, 6) is -0.550. The lowest BCUT2D eigenvalue weighted by Crippen LogP contribution is -2.52. The van der Waals surface area contributed by atoms with Gasteiger partial charge in [0.2, 0.25) is 15.9 Å². The maximum Gasteiger partial charge on any atom is 0.244 e. The number of nitriles is 1. The zero-order chi connectivity index (χ0) is 20.0. The Morgan fingerprint density at radius 2 is 1.96 bits per heavy atom. The number of carbonyl (C=O) groups excluding carboxylic acids is 1. The molecule has 0 bridgehead atoms. The van der Waals surface area contributed by atoms with Crippen molar-refractivity contribution in [1.29, 1.82) is 5.26 Å². The van der Waals surface area contributed by atoms with Crippen LogP contribution in [-0.4, -0.2) is 57.2 Å². The first-order valence-corrected chi connectivity index (χ1v) is 10.8. The topological polar surface area (TPSA) is 93.5 Å². The lowest BCUT2D eigenvalue weighted by Gasteiger charge is -2.37. The number of rotatable bonds is 7. The molecular formula is C18H25FN4O3S. The molecule has 1 aliphatic heterocycles. The Kier molecular flexibility index (Phi) is 7.30.